The van der Waals surface area contributed by atoms with Crippen LogP contribution in [0.25, 0.3) is 0 Å². The highest BCUT2D eigenvalue weighted by Gasteiger charge is 2.19. The number of hydrogen-bond acceptors (Lipinski definition) is 6. The molecule has 388 valence electrons. The molecular formula is C61H108O6. The van der Waals surface area contributed by atoms with E-state index < -0.39 is 6.10 Å². The molecule has 0 aromatic heterocycles. The quantitative estimate of drug-likeness (QED) is 0.0262. The van der Waals surface area contributed by atoms with E-state index in [4.69, 9.17) is 14.2 Å². The molecule has 0 aliphatic heterocycles. The van der Waals surface area contributed by atoms with Crippen molar-refractivity contribution in [3.8, 4) is 0 Å². The molecule has 0 amide bonds. The third-order valence-corrected chi connectivity index (χ3v) is 12.5. The molecule has 0 aliphatic rings. The van der Waals surface area contributed by atoms with Crippen LogP contribution in [0.2, 0.25) is 0 Å². The maximum absolute atomic E-state index is 12.8. The number of hydrogen-bond donors (Lipinski definition) is 0. The molecule has 0 bridgehead atoms. The van der Waals surface area contributed by atoms with E-state index in [9.17, 15) is 14.4 Å². The van der Waals surface area contributed by atoms with Crippen molar-refractivity contribution in [3.63, 3.8) is 0 Å². The van der Waals surface area contributed by atoms with Crippen LogP contribution in [0.3, 0.4) is 0 Å². The molecule has 6 heteroatoms. The van der Waals surface area contributed by atoms with Crippen molar-refractivity contribution in [3.05, 3.63) is 60.8 Å². The fourth-order valence-corrected chi connectivity index (χ4v) is 8.09. The highest BCUT2D eigenvalue weighted by molar-refractivity contribution is 5.71. The Labute approximate surface area is 415 Å². The van der Waals surface area contributed by atoms with Crippen molar-refractivity contribution in [1.82, 2.24) is 0 Å². The molecule has 0 heterocycles. The van der Waals surface area contributed by atoms with E-state index in [2.05, 4.69) is 81.5 Å². The maximum atomic E-state index is 12.8. The van der Waals surface area contributed by atoms with Crippen molar-refractivity contribution < 1.29 is 28.6 Å². The summed E-state index contributed by atoms with van der Waals surface area (Å²) in [6.07, 6.45) is 69.2. The van der Waals surface area contributed by atoms with Gasteiger partial charge in [0.15, 0.2) is 6.10 Å². The SMILES string of the molecule is CCCCC/C=C\C/C=C\CCCCCCCC(=O)OC[C@H](COC(=O)CCCCCCCCCCC/C=C\CCCCCCCC)OC(=O)CCCCCCC/C=C\C/C=C\CCCCC. The smallest absolute Gasteiger partial charge is 0.306 e. The number of allylic oxidation sites excluding steroid dienone is 10. The first-order valence-corrected chi connectivity index (χ1v) is 28.8. The van der Waals surface area contributed by atoms with Crippen molar-refractivity contribution in [2.75, 3.05) is 13.2 Å². The minimum atomic E-state index is -0.788. The number of unbranched alkanes of at least 4 members (excludes halogenated alkanes) is 31. The van der Waals surface area contributed by atoms with Gasteiger partial charge in [-0.25, -0.2) is 0 Å². The summed E-state index contributed by atoms with van der Waals surface area (Å²) in [6, 6.07) is 0. The lowest BCUT2D eigenvalue weighted by Gasteiger charge is -2.18. The molecule has 0 fully saturated rings. The normalized spacial score (nSPS) is 12.5. The van der Waals surface area contributed by atoms with Gasteiger partial charge in [-0.2, -0.15) is 0 Å². The third kappa shape index (κ3) is 53.9. The summed E-state index contributed by atoms with van der Waals surface area (Å²) < 4.78 is 16.8. The first-order chi connectivity index (χ1) is 33.0. The maximum Gasteiger partial charge on any atom is 0.306 e. The number of carbonyl (C=O) groups excluding carboxylic acids is 3. The number of rotatable bonds is 52. The Morgan fingerprint density at radius 1 is 0.299 bits per heavy atom. The molecule has 67 heavy (non-hydrogen) atoms. The van der Waals surface area contributed by atoms with Crippen LogP contribution in [0.4, 0.5) is 0 Å². The average molecular weight is 938 g/mol. The van der Waals surface area contributed by atoms with Crippen LogP contribution in [-0.2, 0) is 28.6 Å². The fourth-order valence-electron chi connectivity index (χ4n) is 8.09. The van der Waals surface area contributed by atoms with Crippen molar-refractivity contribution in [2.24, 2.45) is 0 Å². The van der Waals surface area contributed by atoms with E-state index in [1.54, 1.807) is 0 Å². The van der Waals surface area contributed by atoms with Crippen LogP contribution in [0, 0.1) is 0 Å². The Morgan fingerprint density at radius 3 is 0.866 bits per heavy atom. The zero-order valence-electron chi connectivity index (χ0n) is 44.4. The number of ether oxygens (including phenoxy) is 3. The molecule has 0 aliphatic carbocycles. The molecule has 0 saturated heterocycles. The van der Waals surface area contributed by atoms with E-state index in [1.807, 2.05) is 0 Å². The van der Waals surface area contributed by atoms with E-state index in [1.165, 1.54) is 148 Å². The first-order valence-electron chi connectivity index (χ1n) is 28.8. The second kappa shape index (κ2) is 55.7. The standard InChI is InChI=1S/C61H108O6/c1-4-7-10-13-16-19-22-25-28-29-30-31-34-36-39-42-45-48-51-54-60(63)66-57-58(67-61(64)55-52-49-46-43-40-37-33-27-24-21-18-15-12-9-6-3)56-65-59(62)53-50-47-44-41-38-35-32-26-23-20-17-14-11-8-5-2/h17-18,20-21,25-28,32-33,58H,4-16,19,22-24,29-31,34-57H2,1-3H3/b20-17-,21-18-,28-25-,32-26-,33-27-/t58-/m1/s1. The summed E-state index contributed by atoms with van der Waals surface area (Å²) in [4.78, 5) is 38.1. The molecule has 0 N–H and O–H groups in total. The van der Waals surface area contributed by atoms with E-state index in [-0.39, 0.29) is 31.1 Å². The summed E-state index contributed by atoms with van der Waals surface area (Å²) >= 11 is 0. The molecule has 0 aromatic rings. The lowest BCUT2D eigenvalue weighted by atomic mass is 10.1. The topological polar surface area (TPSA) is 78.9 Å². The number of carbonyl (C=O) groups is 3. The van der Waals surface area contributed by atoms with Gasteiger partial charge in [0.2, 0.25) is 0 Å². The van der Waals surface area contributed by atoms with E-state index in [0.29, 0.717) is 19.3 Å². The zero-order valence-corrected chi connectivity index (χ0v) is 44.4. The van der Waals surface area contributed by atoms with Gasteiger partial charge in [0.25, 0.3) is 0 Å². The predicted octanol–water partition coefficient (Wildman–Crippen LogP) is 19.2. The predicted molar refractivity (Wildman–Crippen MR) is 288 cm³/mol. The van der Waals surface area contributed by atoms with Gasteiger partial charge in [0.05, 0.1) is 0 Å². The second-order valence-electron chi connectivity index (χ2n) is 19.2. The van der Waals surface area contributed by atoms with Crippen LogP contribution in [0.15, 0.2) is 60.8 Å². The van der Waals surface area contributed by atoms with Gasteiger partial charge < -0.3 is 14.2 Å². The Morgan fingerprint density at radius 2 is 0.537 bits per heavy atom. The van der Waals surface area contributed by atoms with Crippen molar-refractivity contribution in [1.29, 1.82) is 0 Å². The summed E-state index contributed by atoms with van der Waals surface area (Å²) in [5, 5.41) is 0. The van der Waals surface area contributed by atoms with Gasteiger partial charge in [0, 0.05) is 19.3 Å². The Kier molecular flexibility index (Phi) is 53.3. The largest absolute Gasteiger partial charge is 0.462 e. The molecule has 0 rings (SSSR count). The molecule has 0 spiro atoms. The van der Waals surface area contributed by atoms with Gasteiger partial charge in [-0.15, -0.1) is 0 Å². The lowest BCUT2D eigenvalue weighted by Crippen LogP contribution is -2.30. The highest BCUT2D eigenvalue weighted by Crippen LogP contribution is 2.15. The lowest BCUT2D eigenvalue weighted by molar-refractivity contribution is -0.167. The monoisotopic (exact) mass is 937 g/mol. The fraction of sp³-hybridized carbons (Fsp3) is 0.787. The van der Waals surface area contributed by atoms with Gasteiger partial charge in [0.1, 0.15) is 13.2 Å². The molecule has 0 radical (unpaired) electrons. The molecule has 0 saturated carbocycles. The second-order valence-corrected chi connectivity index (χ2v) is 19.2. The molecule has 0 unspecified atom stereocenters. The molecule has 0 aromatic carbocycles. The Balaban J connectivity index is 4.39. The van der Waals surface area contributed by atoms with Crippen LogP contribution in [0.1, 0.15) is 290 Å². The van der Waals surface area contributed by atoms with Crippen LogP contribution >= 0.6 is 0 Å². The third-order valence-electron chi connectivity index (χ3n) is 12.5. The number of esters is 3. The van der Waals surface area contributed by atoms with Gasteiger partial charge >= 0.3 is 17.9 Å². The van der Waals surface area contributed by atoms with Crippen molar-refractivity contribution in [2.45, 2.75) is 297 Å². The molecular weight excluding hydrogens is 829 g/mol. The summed E-state index contributed by atoms with van der Waals surface area (Å²) in [5.41, 5.74) is 0. The Bertz CT molecular complexity index is 1210. The minimum Gasteiger partial charge on any atom is -0.462 e. The van der Waals surface area contributed by atoms with Crippen LogP contribution in [-0.4, -0.2) is 37.2 Å². The zero-order chi connectivity index (χ0) is 48.6. The van der Waals surface area contributed by atoms with E-state index >= 15 is 0 Å². The van der Waals surface area contributed by atoms with Crippen LogP contribution < -0.4 is 0 Å². The Hall–Kier alpha value is -2.89. The minimum absolute atomic E-state index is 0.0847. The van der Waals surface area contributed by atoms with E-state index in [0.717, 1.165) is 103 Å². The van der Waals surface area contributed by atoms with Gasteiger partial charge in [-0.1, -0.05) is 223 Å². The average Bonchev–Trinajstić information content (AvgIpc) is 3.33. The summed E-state index contributed by atoms with van der Waals surface area (Å²) in [7, 11) is 0. The van der Waals surface area contributed by atoms with Crippen LogP contribution in [0.5, 0.6) is 0 Å². The molecule has 1 atom stereocenters. The van der Waals surface area contributed by atoms with Crippen molar-refractivity contribution >= 4 is 17.9 Å². The highest BCUT2D eigenvalue weighted by atomic mass is 16.6. The summed E-state index contributed by atoms with van der Waals surface area (Å²) in [5.74, 6) is -0.905. The van der Waals surface area contributed by atoms with Gasteiger partial charge in [-0.05, 0) is 109 Å². The van der Waals surface area contributed by atoms with Gasteiger partial charge in [-0.3, -0.25) is 14.4 Å². The first kappa shape index (κ1) is 64.1. The summed E-state index contributed by atoms with van der Waals surface area (Å²) in [6.45, 7) is 6.58. The molecule has 6 nitrogen and oxygen atoms in total.